The van der Waals surface area contributed by atoms with Gasteiger partial charge in [0.15, 0.2) is 0 Å². The topological polar surface area (TPSA) is 61.7 Å². The molecule has 0 aliphatic carbocycles. The maximum Gasteiger partial charge on any atom is 0.149 e. The molecule has 0 bridgehead atoms. The summed E-state index contributed by atoms with van der Waals surface area (Å²) in [5.41, 5.74) is 4.38. The molecule has 0 saturated heterocycles. The number of benzene rings is 3. The summed E-state index contributed by atoms with van der Waals surface area (Å²) in [5.74, 6) is 0.753. The smallest absolute Gasteiger partial charge is 0.149 e. The van der Waals surface area contributed by atoms with E-state index in [1.807, 2.05) is 43.3 Å². The highest BCUT2D eigenvalue weighted by molar-refractivity contribution is 5.91. The van der Waals surface area contributed by atoms with E-state index in [0.717, 1.165) is 22.2 Å². The summed E-state index contributed by atoms with van der Waals surface area (Å²) in [6, 6.07) is 21.9. The van der Waals surface area contributed by atoms with E-state index >= 15 is 0 Å². The lowest BCUT2D eigenvalue weighted by atomic mass is 10.1. The Hall–Kier alpha value is -3.91. The zero-order valence-corrected chi connectivity index (χ0v) is 15.8. The number of hydrogen-bond acceptors (Lipinski definition) is 3. The van der Waals surface area contributed by atoms with Crippen molar-refractivity contribution in [3.05, 3.63) is 95.1 Å². The van der Waals surface area contributed by atoms with Crippen LogP contribution in [0.1, 0.15) is 22.5 Å². The fourth-order valence-electron chi connectivity index (χ4n) is 3.06. The van der Waals surface area contributed by atoms with Crippen LogP contribution in [0.5, 0.6) is 5.75 Å². The number of halogens is 1. The molecule has 0 amide bonds. The van der Waals surface area contributed by atoms with Gasteiger partial charge in [0.25, 0.3) is 0 Å². The lowest BCUT2D eigenvalue weighted by molar-refractivity contribution is 0.299. The fourth-order valence-corrected chi connectivity index (χ4v) is 3.06. The molecule has 0 aliphatic rings. The van der Waals surface area contributed by atoms with Gasteiger partial charge in [0.05, 0.1) is 16.6 Å². The third-order valence-electron chi connectivity index (χ3n) is 4.57. The molecule has 4 rings (SSSR count). The van der Waals surface area contributed by atoms with E-state index in [2.05, 4.69) is 16.0 Å². The van der Waals surface area contributed by atoms with Crippen molar-refractivity contribution in [3.63, 3.8) is 0 Å². The number of fused-ring (bicyclic) bond motifs is 1. The van der Waals surface area contributed by atoms with Gasteiger partial charge >= 0.3 is 0 Å². The molecule has 1 aromatic heterocycles. The Balaban J connectivity index is 1.65. The Morgan fingerprint density at radius 2 is 1.93 bits per heavy atom. The molecule has 4 nitrogen and oxygen atoms in total. The van der Waals surface area contributed by atoms with E-state index in [0.29, 0.717) is 22.7 Å². The van der Waals surface area contributed by atoms with Crippen LogP contribution in [0.4, 0.5) is 4.39 Å². The fraction of sp³-hybridized carbons (Fsp3) is 0.0833. The maximum absolute atomic E-state index is 13.9. The molecule has 3 aromatic carbocycles. The molecule has 5 heteroatoms. The molecule has 0 radical (unpaired) electrons. The Morgan fingerprint density at radius 1 is 1.14 bits per heavy atom. The maximum atomic E-state index is 13.9. The van der Waals surface area contributed by atoms with Crippen molar-refractivity contribution in [2.24, 2.45) is 0 Å². The van der Waals surface area contributed by atoms with Gasteiger partial charge in [-0.25, -0.2) is 9.37 Å². The average Bonchev–Trinajstić information content (AvgIpc) is 3.15. The second kappa shape index (κ2) is 7.99. The minimum atomic E-state index is -0.309. The third-order valence-corrected chi connectivity index (χ3v) is 4.57. The second-order valence-electron chi connectivity index (χ2n) is 6.69. The van der Waals surface area contributed by atoms with Crippen molar-refractivity contribution in [1.82, 2.24) is 9.97 Å². The van der Waals surface area contributed by atoms with Gasteiger partial charge in [0.2, 0.25) is 0 Å². The number of nitriles is 1. The van der Waals surface area contributed by atoms with E-state index in [-0.39, 0.29) is 12.4 Å². The zero-order chi connectivity index (χ0) is 20.2. The number of rotatable bonds is 5. The van der Waals surface area contributed by atoms with Gasteiger partial charge in [0, 0.05) is 11.1 Å². The van der Waals surface area contributed by atoms with Crippen LogP contribution in [0.3, 0.4) is 0 Å². The normalized spacial score (nSPS) is 11.4. The Morgan fingerprint density at radius 3 is 2.76 bits per heavy atom. The summed E-state index contributed by atoms with van der Waals surface area (Å²) >= 11 is 0. The molecule has 142 valence electrons. The zero-order valence-electron chi connectivity index (χ0n) is 15.8. The molecular formula is C24H18FN3O. The number of allylic oxidation sites excluding steroid dienone is 1. The number of nitrogens with one attached hydrogen (secondary N) is 1. The summed E-state index contributed by atoms with van der Waals surface area (Å²) in [4.78, 5) is 7.72. The molecule has 0 spiro atoms. The number of aromatic amines is 1. The Bertz CT molecular complexity index is 1250. The average molecular weight is 383 g/mol. The molecule has 0 saturated carbocycles. The van der Waals surface area contributed by atoms with Crippen LogP contribution in [-0.2, 0) is 6.61 Å². The van der Waals surface area contributed by atoms with Crippen LogP contribution in [-0.4, -0.2) is 9.97 Å². The third kappa shape index (κ3) is 4.02. The standard InChI is InChI=1S/C24H18FN3O/c1-16-10-11-21-22(12-16)28-24(27-21)19(14-26)13-17-6-3-5-9-23(17)29-15-18-7-2-4-8-20(18)25/h2-13H,15H2,1H3,(H,27,28). The SMILES string of the molecule is Cc1ccc2nc(C(C#N)=Cc3ccccc3OCc3ccccc3F)[nH]c2c1. The van der Waals surface area contributed by atoms with Gasteiger partial charge in [-0.1, -0.05) is 42.5 Å². The summed E-state index contributed by atoms with van der Waals surface area (Å²) in [6.45, 7) is 2.10. The second-order valence-corrected chi connectivity index (χ2v) is 6.69. The highest BCUT2D eigenvalue weighted by Gasteiger charge is 2.10. The van der Waals surface area contributed by atoms with Gasteiger partial charge in [-0.2, -0.15) is 5.26 Å². The van der Waals surface area contributed by atoms with E-state index in [9.17, 15) is 9.65 Å². The van der Waals surface area contributed by atoms with Gasteiger partial charge in [-0.15, -0.1) is 0 Å². The van der Waals surface area contributed by atoms with Crippen molar-refractivity contribution in [2.75, 3.05) is 0 Å². The summed E-state index contributed by atoms with van der Waals surface area (Å²) in [5, 5.41) is 9.69. The number of imidazole rings is 1. The first-order valence-corrected chi connectivity index (χ1v) is 9.18. The lowest BCUT2D eigenvalue weighted by Crippen LogP contribution is -1.99. The summed E-state index contributed by atoms with van der Waals surface area (Å²) < 4.78 is 19.7. The van der Waals surface area contributed by atoms with Gasteiger partial charge in [-0.3, -0.25) is 0 Å². The minimum Gasteiger partial charge on any atom is -0.488 e. The van der Waals surface area contributed by atoms with Crippen LogP contribution < -0.4 is 4.74 Å². The van der Waals surface area contributed by atoms with Crippen molar-refractivity contribution in [1.29, 1.82) is 5.26 Å². The van der Waals surface area contributed by atoms with Crippen LogP contribution in [0.15, 0.2) is 66.7 Å². The number of para-hydroxylation sites is 1. The quantitative estimate of drug-likeness (QED) is 0.453. The number of aryl methyl sites for hydroxylation is 1. The molecule has 29 heavy (non-hydrogen) atoms. The first-order chi connectivity index (χ1) is 14.1. The predicted molar refractivity (Wildman–Crippen MR) is 111 cm³/mol. The molecule has 0 unspecified atom stereocenters. The van der Waals surface area contributed by atoms with E-state index in [1.54, 1.807) is 30.3 Å². The predicted octanol–water partition coefficient (Wildman–Crippen LogP) is 5.65. The van der Waals surface area contributed by atoms with Crippen molar-refractivity contribution in [2.45, 2.75) is 13.5 Å². The molecule has 4 aromatic rings. The summed E-state index contributed by atoms with van der Waals surface area (Å²) in [6.07, 6.45) is 1.72. The molecular weight excluding hydrogens is 365 g/mol. The molecule has 1 N–H and O–H groups in total. The van der Waals surface area contributed by atoms with Gasteiger partial charge < -0.3 is 9.72 Å². The highest BCUT2D eigenvalue weighted by Crippen LogP contribution is 2.26. The van der Waals surface area contributed by atoms with Crippen molar-refractivity contribution >= 4 is 22.7 Å². The van der Waals surface area contributed by atoms with Crippen LogP contribution in [0, 0.1) is 24.1 Å². The van der Waals surface area contributed by atoms with Crippen molar-refractivity contribution in [3.8, 4) is 11.8 Å². The number of H-pyrrole nitrogens is 1. The largest absolute Gasteiger partial charge is 0.488 e. The van der Waals surface area contributed by atoms with E-state index < -0.39 is 0 Å². The first-order valence-electron chi connectivity index (χ1n) is 9.18. The van der Waals surface area contributed by atoms with Crippen LogP contribution in [0.2, 0.25) is 0 Å². The Kier molecular flexibility index (Phi) is 5.08. The molecule has 1 heterocycles. The molecule has 0 atom stereocenters. The minimum absolute atomic E-state index is 0.101. The van der Waals surface area contributed by atoms with Crippen molar-refractivity contribution < 1.29 is 9.13 Å². The number of nitrogens with zero attached hydrogens (tertiary/aromatic N) is 2. The monoisotopic (exact) mass is 383 g/mol. The van der Waals surface area contributed by atoms with E-state index in [1.165, 1.54) is 6.07 Å². The Labute approximate surface area is 167 Å². The van der Waals surface area contributed by atoms with Crippen LogP contribution in [0.25, 0.3) is 22.7 Å². The molecule has 0 fully saturated rings. The van der Waals surface area contributed by atoms with Gasteiger partial charge in [-0.05, 0) is 42.8 Å². The van der Waals surface area contributed by atoms with Gasteiger partial charge in [0.1, 0.15) is 30.1 Å². The number of aromatic nitrogens is 2. The first kappa shape index (κ1) is 18.5. The van der Waals surface area contributed by atoms with Crippen LogP contribution >= 0.6 is 0 Å². The lowest BCUT2D eigenvalue weighted by Gasteiger charge is -2.10. The summed E-state index contributed by atoms with van der Waals surface area (Å²) in [7, 11) is 0. The number of hydrogen-bond donors (Lipinski definition) is 1. The van der Waals surface area contributed by atoms with E-state index in [4.69, 9.17) is 4.74 Å². The number of ether oxygens (including phenoxy) is 1. The highest BCUT2D eigenvalue weighted by atomic mass is 19.1. The molecule has 0 aliphatic heterocycles.